The van der Waals surface area contributed by atoms with Gasteiger partial charge in [-0.15, -0.1) is 11.5 Å². The van der Waals surface area contributed by atoms with Crippen LogP contribution in [0.5, 0.6) is 0 Å². The Morgan fingerprint density at radius 2 is 1.63 bits per heavy atom. The van der Waals surface area contributed by atoms with Crippen molar-refractivity contribution < 1.29 is 24.8 Å². The van der Waals surface area contributed by atoms with Gasteiger partial charge < -0.3 is 14.5 Å². The van der Waals surface area contributed by atoms with Gasteiger partial charge >= 0.3 is 20.1 Å². The molecule has 6 nitrogen and oxygen atoms in total. The van der Waals surface area contributed by atoms with E-state index in [1.54, 1.807) is 0 Å². The van der Waals surface area contributed by atoms with Crippen molar-refractivity contribution in [2.75, 3.05) is 12.1 Å². The maximum Gasteiger partial charge on any atom is 3.00 e. The van der Waals surface area contributed by atoms with Crippen LogP contribution in [0, 0.1) is 18.9 Å². The number of hydrogen-bond acceptors (Lipinski definition) is 4. The second kappa shape index (κ2) is 9.80. The van der Waals surface area contributed by atoms with Crippen LogP contribution in [-0.2, 0) is 27.2 Å². The van der Waals surface area contributed by atoms with Crippen LogP contribution < -0.4 is 9.69 Å². The predicted molar refractivity (Wildman–Crippen MR) is 159 cm³/mol. The molecular formula is C34H24IrN6+. The monoisotopic (exact) mass is 709 g/mol. The average Bonchev–Trinajstić information content (AvgIpc) is 3.60. The Balaban J connectivity index is 0.000000134. The summed E-state index contributed by atoms with van der Waals surface area (Å²) in [6.07, 6.45) is 11.1. The maximum absolute atomic E-state index is 4.75. The van der Waals surface area contributed by atoms with Crippen LogP contribution in [0.1, 0.15) is 5.56 Å². The summed E-state index contributed by atoms with van der Waals surface area (Å²) >= 11 is 0. The molecule has 198 valence electrons. The quantitative estimate of drug-likeness (QED) is 0.111. The van der Waals surface area contributed by atoms with E-state index in [1.165, 1.54) is 27.6 Å². The van der Waals surface area contributed by atoms with Crippen molar-refractivity contribution in [3.63, 3.8) is 0 Å². The molecule has 0 radical (unpaired) electrons. The Bertz CT molecular complexity index is 2150. The molecule has 0 bridgehead atoms. The van der Waals surface area contributed by atoms with Crippen molar-refractivity contribution in [3.8, 4) is 11.3 Å². The van der Waals surface area contributed by atoms with E-state index < -0.39 is 0 Å². The first kappa shape index (κ1) is 25.4. The molecule has 41 heavy (non-hydrogen) atoms. The molecule has 4 aromatic heterocycles. The normalized spacial score (nSPS) is 13.4. The molecule has 0 amide bonds. The number of nitrogens with zero attached hydrogens (tertiary/aromatic N) is 6. The van der Waals surface area contributed by atoms with Crippen LogP contribution in [0.2, 0.25) is 0 Å². The summed E-state index contributed by atoms with van der Waals surface area (Å²) in [6.45, 7) is 2.06. The summed E-state index contributed by atoms with van der Waals surface area (Å²) in [5.41, 5.74) is 7.96. The molecule has 0 saturated heterocycles. The van der Waals surface area contributed by atoms with Crippen molar-refractivity contribution in [3.05, 3.63) is 128 Å². The van der Waals surface area contributed by atoms with Gasteiger partial charge in [-0.2, -0.15) is 12.1 Å². The van der Waals surface area contributed by atoms with Gasteiger partial charge in [-0.3, -0.25) is 9.99 Å². The van der Waals surface area contributed by atoms with Crippen LogP contribution in [0.15, 0.2) is 104 Å². The third-order valence-corrected chi connectivity index (χ3v) is 7.66. The van der Waals surface area contributed by atoms with Crippen molar-refractivity contribution in [2.24, 2.45) is 7.05 Å². The summed E-state index contributed by atoms with van der Waals surface area (Å²) in [4.78, 5) is 11.4. The molecule has 0 saturated carbocycles. The Labute approximate surface area is 251 Å². The van der Waals surface area contributed by atoms with Gasteiger partial charge in [-0.25, -0.2) is 4.68 Å². The van der Waals surface area contributed by atoms with E-state index in [0.29, 0.717) is 0 Å². The third-order valence-electron chi connectivity index (χ3n) is 7.66. The number of benzene rings is 3. The van der Waals surface area contributed by atoms with Gasteiger partial charge in [0.15, 0.2) is 0 Å². The van der Waals surface area contributed by atoms with E-state index in [4.69, 9.17) is 4.98 Å². The fourth-order valence-electron chi connectivity index (χ4n) is 5.94. The summed E-state index contributed by atoms with van der Waals surface area (Å²) in [5.74, 6) is 0. The molecule has 0 aliphatic carbocycles. The smallest absolute Gasteiger partial charge is 0.504 e. The van der Waals surface area contributed by atoms with E-state index in [2.05, 4.69) is 104 Å². The van der Waals surface area contributed by atoms with Crippen molar-refractivity contribution >= 4 is 49.2 Å². The molecule has 0 atom stereocenters. The minimum Gasteiger partial charge on any atom is -0.504 e. The molecule has 2 aliphatic rings. The molecule has 0 fully saturated rings. The van der Waals surface area contributed by atoms with Gasteiger partial charge in [-0.05, 0) is 53.6 Å². The van der Waals surface area contributed by atoms with E-state index >= 15 is 0 Å². The van der Waals surface area contributed by atoms with Gasteiger partial charge in [0, 0.05) is 34.4 Å². The molecule has 0 unspecified atom stereocenters. The van der Waals surface area contributed by atoms with Crippen LogP contribution in [0.25, 0.3) is 60.4 Å². The molecular weight excluding hydrogens is 685 g/mol. The maximum atomic E-state index is 4.75. The molecule has 3 aromatic carbocycles. The molecule has 9 rings (SSSR count). The zero-order valence-electron chi connectivity index (χ0n) is 22.4. The Kier molecular flexibility index (Phi) is 6.07. The SMILES string of the molecule is CN1C=C2c3ccccc3-c3ccc[c-][n+]3N2[CH-]1.Cn1c[c-]c2c3ncccc3c3c4ccccc4cnc3c21.[Ir+3]. The van der Waals surface area contributed by atoms with Crippen molar-refractivity contribution in [1.82, 2.24) is 19.4 Å². The van der Waals surface area contributed by atoms with E-state index in [9.17, 15) is 0 Å². The first-order valence-corrected chi connectivity index (χ1v) is 13.2. The number of aromatic nitrogens is 4. The van der Waals surface area contributed by atoms with Crippen molar-refractivity contribution in [2.45, 2.75) is 0 Å². The average molecular weight is 709 g/mol. The zero-order valence-corrected chi connectivity index (χ0v) is 24.8. The van der Waals surface area contributed by atoms with Gasteiger partial charge in [0.05, 0.1) is 5.70 Å². The first-order valence-electron chi connectivity index (χ1n) is 13.2. The third kappa shape index (κ3) is 3.85. The molecule has 7 heteroatoms. The Hall–Kier alpha value is -4.58. The second-order valence-corrected chi connectivity index (χ2v) is 10.1. The molecule has 7 aromatic rings. The van der Waals surface area contributed by atoms with Crippen LogP contribution in [0.3, 0.4) is 0 Å². The standard InChI is InChI=1S/C19H12N3.C15H12N3.Ir/c1-22-10-8-15-17-14(7-4-9-20-17)16-13-6-3-2-5-12(13)11-21-18(16)19(15)22;1-16-10-15-13-7-3-2-6-12(13)14-8-4-5-9-17(14)18(15)11-16;/h2-7,9-11H,1H3;2-8,10-11H,1H3;/q2*-1;+3. The number of rotatable bonds is 0. The first-order chi connectivity index (χ1) is 19.7. The molecule has 2 aliphatic heterocycles. The zero-order chi connectivity index (χ0) is 26.8. The van der Waals surface area contributed by atoms with Crippen LogP contribution >= 0.6 is 0 Å². The molecule has 6 heterocycles. The largest absolute Gasteiger partial charge is 3.00 e. The summed E-state index contributed by atoms with van der Waals surface area (Å²) in [5, 5.41) is 7.83. The summed E-state index contributed by atoms with van der Waals surface area (Å²) < 4.78 is 4.13. The number of pyridine rings is 3. The van der Waals surface area contributed by atoms with Gasteiger partial charge in [-0.1, -0.05) is 73.5 Å². The molecule has 0 N–H and O–H groups in total. The minimum absolute atomic E-state index is 0. The van der Waals surface area contributed by atoms with Crippen molar-refractivity contribution in [1.29, 1.82) is 0 Å². The number of fused-ring (bicyclic) bond motifs is 14. The topological polar surface area (TPSA) is 41.1 Å². The Morgan fingerprint density at radius 1 is 0.829 bits per heavy atom. The number of aryl methyl sites for hydroxylation is 1. The Morgan fingerprint density at radius 3 is 2.54 bits per heavy atom. The second-order valence-electron chi connectivity index (χ2n) is 10.1. The fraction of sp³-hybridized carbons (Fsp3) is 0.0588. The number of hydrogen-bond donors (Lipinski definition) is 0. The summed E-state index contributed by atoms with van der Waals surface area (Å²) in [6, 6.07) is 30.4. The predicted octanol–water partition coefficient (Wildman–Crippen LogP) is 5.98. The van der Waals surface area contributed by atoms with Gasteiger partial charge in [0.1, 0.15) is 11.9 Å². The van der Waals surface area contributed by atoms with Crippen LogP contribution in [-0.4, -0.2) is 26.5 Å². The minimum atomic E-state index is 0. The van der Waals surface area contributed by atoms with E-state index in [0.717, 1.165) is 38.4 Å². The van der Waals surface area contributed by atoms with Gasteiger partial charge in [0.2, 0.25) is 0 Å². The summed E-state index contributed by atoms with van der Waals surface area (Å²) in [7, 11) is 4.07. The van der Waals surface area contributed by atoms with E-state index in [1.807, 2.05) is 57.0 Å². The fourth-order valence-corrected chi connectivity index (χ4v) is 5.94. The van der Waals surface area contributed by atoms with Crippen LogP contribution in [0.4, 0.5) is 0 Å². The van der Waals surface area contributed by atoms with E-state index in [-0.39, 0.29) is 20.1 Å². The van der Waals surface area contributed by atoms with Gasteiger partial charge in [0.25, 0.3) is 0 Å². The molecule has 0 spiro atoms.